The number of amides is 1. The molecule has 1 aliphatic heterocycles. The number of benzene rings is 2. The van der Waals surface area contributed by atoms with Gasteiger partial charge in [0.1, 0.15) is 0 Å². The molecule has 0 saturated carbocycles. The first kappa shape index (κ1) is 18.9. The van der Waals surface area contributed by atoms with Crippen LogP contribution >= 0.6 is 11.6 Å². The summed E-state index contributed by atoms with van der Waals surface area (Å²) in [6, 6.07) is 12.0. The minimum Gasteiger partial charge on any atom is -0.309 e. The molecule has 0 unspecified atom stereocenters. The summed E-state index contributed by atoms with van der Waals surface area (Å²) in [5, 5.41) is 0.607. The summed E-state index contributed by atoms with van der Waals surface area (Å²) in [6.45, 7) is 3.99. The molecule has 0 radical (unpaired) electrons. The number of hydrogen-bond acceptors (Lipinski definition) is 3. The van der Waals surface area contributed by atoms with Crippen LogP contribution in [0.1, 0.15) is 31.4 Å². The quantitative estimate of drug-likeness (QED) is 0.846. The summed E-state index contributed by atoms with van der Waals surface area (Å²) in [5.41, 5.74) is 2.52. The highest BCUT2D eigenvalue weighted by Crippen LogP contribution is 2.34. The largest absolute Gasteiger partial charge is 0.309 e. The van der Waals surface area contributed by atoms with Crippen LogP contribution in [0.15, 0.2) is 47.4 Å². The monoisotopic (exact) mass is 392 g/mol. The van der Waals surface area contributed by atoms with Crippen LogP contribution in [0.25, 0.3) is 0 Å². The molecule has 1 atom stereocenters. The van der Waals surface area contributed by atoms with Crippen molar-refractivity contribution in [2.45, 2.75) is 44.2 Å². The van der Waals surface area contributed by atoms with Crippen LogP contribution in [0.4, 0.5) is 5.69 Å². The molecule has 0 saturated heterocycles. The lowest BCUT2D eigenvalue weighted by Gasteiger charge is -2.22. The zero-order valence-corrected chi connectivity index (χ0v) is 16.3. The fourth-order valence-corrected chi connectivity index (χ4v) is 4.38. The van der Waals surface area contributed by atoms with Gasteiger partial charge in [-0.15, -0.1) is 0 Å². The van der Waals surface area contributed by atoms with E-state index < -0.39 is 10.0 Å². The fraction of sp³-hybridized carbons (Fsp3) is 0.316. The number of nitrogens with one attached hydrogen (secondary N) is 1. The number of nitrogens with zero attached hydrogens (tertiary/aromatic N) is 1. The Balaban J connectivity index is 1.80. The van der Waals surface area contributed by atoms with E-state index in [-0.39, 0.29) is 23.4 Å². The van der Waals surface area contributed by atoms with Crippen molar-refractivity contribution >= 4 is 33.2 Å². The van der Waals surface area contributed by atoms with Crippen molar-refractivity contribution in [2.24, 2.45) is 0 Å². The van der Waals surface area contributed by atoms with Gasteiger partial charge in [-0.25, -0.2) is 13.1 Å². The van der Waals surface area contributed by atoms with Gasteiger partial charge in [-0.1, -0.05) is 30.7 Å². The van der Waals surface area contributed by atoms with E-state index in [9.17, 15) is 13.2 Å². The van der Waals surface area contributed by atoms with E-state index in [2.05, 4.69) is 4.72 Å². The maximum atomic E-state index is 12.6. The third-order valence-corrected chi connectivity index (χ3v) is 6.18. The van der Waals surface area contributed by atoms with Gasteiger partial charge in [0.05, 0.1) is 4.90 Å². The Labute approximate surface area is 159 Å². The van der Waals surface area contributed by atoms with Gasteiger partial charge in [-0.2, -0.15) is 0 Å². The van der Waals surface area contributed by atoms with Gasteiger partial charge in [-0.05, 0) is 54.8 Å². The number of hydrogen-bond donors (Lipinski definition) is 1. The van der Waals surface area contributed by atoms with Gasteiger partial charge in [0.15, 0.2) is 0 Å². The number of fused-ring (bicyclic) bond motifs is 1. The number of rotatable bonds is 5. The van der Waals surface area contributed by atoms with Crippen LogP contribution in [0, 0.1) is 0 Å². The van der Waals surface area contributed by atoms with Gasteiger partial charge in [0, 0.05) is 29.7 Å². The van der Waals surface area contributed by atoms with Gasteiger partial charge < -0.3 is 4.90 Å². The zero-order chi connectivity index (χ0) is 18.9. The van der Waals surface area contributed by atoms with Crippen LogP contribution in [0.3, 0.4) is 0 Å². The van der Waals surface area contributed by atoms with E-state index in [0.29, 0.717) is 17.9 Å². The minimum atomic E-state index is -3.64. The molecule has 2 aromatic carbocycles. The lowest BCUT2D eigenvalue weighted by atomic mass is 10.1. The molecule has 26 heavy (non-hydrogen) atoms. The van der Waals surface area contributed by atoms with E-state index in [4.69, 9.17) is 11.6 Å². The average Bonchev–Trinajstić information content (AvgIpc) is 2.95. The lowest BCUT2D eigenvalue weighted by Crippen LogP contribution is -2.35. The normalized spacial score (nSPS) is 16.6. The molecule has 3 rings (SSSR count). The molecule has 5 nitrogen and oxygen atoms in total. The van der Waals surface area contributed by atoms with Crippen molar-refractivity contribution < 1.29 is 13.2 Å². The second-order valence-electron chi connectivity index (χ2n) is 6.41. The van der Waals surface area contributed by atoms with Crippen LogP contribution in [-0.4, -0.2) is 20.4 Å². The fourth-order valence-electron chi connectivity index (χ4n) is 3.19. The minimum absolute atomic E-state index is 0.0393. The third kappa shape index (κ3) is 3.77. The van der Waals surface area contributed by atoms with Gasteiger partial charge >= 0.3 is 0 Å². The molecule has 2 aromatic rings. The van der Waals surface area contributed by atoms with E-state index >= 15 is 0 Å². The Morgan fingerprint density at radius 2 is 1.92 bits per heavy atom. The first-order chi connectivity index (χ1) is 12.3. The molecule has 1 heterocycles. The summed E-state index contributed by atoms with van der Waals surface area (Å²) < 4.78 is 27.8. The van der Waals surface area contributed by atoms with Gasteiger partial charge in [-0.3, -0.25) is 4.79 Å². The molecule has 7 heteroatoms. The Kier molecular flexibility index (Phi) is 5.37. The number of carbonyl (C=O) groups is 1. The zero-order valence-electron chi connectivity index (χ0n) is 14.7. The van der Waals surface area contributed by atoms with E-state index in [1.807, 2.05) is 13.8 Å². The molecule has 138 valence electrons. The average molecular weight is 393 g/mol. The van der Waals surface area contributed by atoms with E-state index in [0.717, 1.165) is 16.8 Å². The Morgan fingerprint density at radius 3 is 2.58 bits per heavy atom. The predicted octanol–water partition coefficient (Wildman–Crippen LogP) is 3.51. The summed E-state index contributed by atoms with van der Waals surface area (Å²) in [6.07, 6.45) is 1.08. The molecule has 0 aromatic heterocycles. The smallest absolute Gasteiger partial charge is 0.240 e. The SMILES string of the molecule is CCC(=O)N1c2ccc(S(=O)(=O)NCc3ccc(Cl)cc3)cc2C[C@@H]1C. The lowest BCUT2D eigenvalue weighted by molar-refractivity contribution is -0.118. The molecular weight excluding hydrogens is 372 g/mol. The summed E-state index contributed by atoms with van der Waals surface area (Å²) >= 11 is 5.84. The highest BCUT2D eigenvalue weighted by molar-refractivity contribution is 7.89. The summed E-state index contributed by atoms with van der Waals surface area (Å²) in [7, 11) is -3.64. The van der Waals surface area contributed by atoms with Crippen molar-refractivity contribution in [1.82, 2.24) is 4.72 Å². The highest BCUT2D eigenvalue weighted by Gasteiger charge is 2.31. The maximum Gasteiger partial charge on any atom is 0.240 e. The van der Waals surface area contributed by atoms with Crippen molar-refractivity contribution in [1.29, 1.82) is 0 Å². The summed E-state index contributed by atoms with van der Waals surface area (Å²) in [5.74, 6) is 0.0488. The van der Waals surface area contributed by atoms with Crippen molar-refractivity contribution in [3.63, 3.8) is 0 Å². The Hall–Kier alpha value is -1.89. The van der Waals surface area contributed by atoms with Crippen LogP contribution < -0.4 is 9.62 Å². The van der Waals surface area contributed by atoms with E-state index in [1.165, 1.54) is 0 Å². The molecule has 0 fully saturated rings. The topological polar surface area (TPSA) is 66.5 Å². The standard InChI is InChI=1S/C19H21ClN2O3S/c1-3-19(23)22-13(2)10-15-11-17(8-9-18(15)22)26(24,25)21-12-14-4-6-16(20)7-5-14/h4-9,11,13,21H,3,10,12H2,1-2H3/t13-/m0/s1. The predicted molar refractivity (Wildman–Crippen MR) is 103 cm³/mol. The number of halogens is 1. The molecule has 1 N–H and O–H groups in total. The van der Waals surface area contributed by atoms with Crippen LogP contribution in [0.2, 0.25) is 5.02 Å². The summed E-state index contributed by atoms with van der Waals surface area (Å²) in [4.78, 5) is 14.1. The maximum absolute atomic E-state index is 12.6. The number of carbonyl (C=O) groups excluding carboxylic acids is 1. The van der Waals surface area contributed by atoms with Crippen LogP contribution in [0.5, 0.6) is 0 Å². The Bertz CT molecular complexity index is 926. The van der Waals surface area contributed by atoms with Gasteiger partial charge in [0.2, 0.25) is 15.9 Å². The van der Waals surface area contributed by atoms with Gasteiger partial charge in [0.25, 0.3) is 0 Å². The molecule has 0 spiro atoms. The van der Waals surface area contributed by atoms with Crippen molar-refractivity contribution in [3.8, 4) is 0 Å². The number of anilines is 1. The third-order valence-electron chi connectivity index (χ3n) is 4.53. The second kappa shape index (κ2) is 7.39. The second-order valence-corrected chi connectivity index (χ2v) is 8.62. The van der Waals surface area contributed by atoms with Crippen molar-refractivity contribution in [2.75, 3.05) is 4.90 Å². The van der Waals surface area contributed by atoms with Crippen LogP contribution in [-0.2, 0) is 27.8 Å². The molecule has 1 aliphatic rings. The molecule has 1 amide bonds. The molecule has 0 bridgehead atoms. The molecule has 0 aliphatic carbocycles. The Morgan fingerprint density at radius 1 is 1.23 bits per heavy atom. The van der Waals surface area contributed by atoms with Crippen molar-refractivity contribution in [3.05, 3.63) is 58.6 Å². The number of sulfonamides is 1. The van der Waals surface area contributed by atoms with E-state index in [1.54, 1.807) is 47.4 Å². The molecular formula is C19H21ClN2O3S. The first-order valence-electron chi connectivity index (χ1n) is 8.51. The first-order valence-corrected chi connectivity index (χ1v) is 10.4. The highest BCUT2D eigenvalue weighted by atomic mass is 35.5.